The third kappa shape index (κ3) is 4.24. The fraction of sp³-hybridized carbons (Fsp3) is 0.222. The van der Waals surface area contributed by atoms with Crippen molar-refractivity contribution in [2.75, 3.05) is 6.54 Å². The van der Waals surface area contributed by atoms with Crippen LogP contribution in [-0.4, -0.2) is 32.0 Å². The Kier molecular flexibility index (Phi) is 5.65. The first-order valence-corrected chi connectivity index (χ1v) is 11.4. The number of amides is 1. The van der Waals surface area contributed by atoms with E-state index in [2.05, 4.69) is 65.5 Å². The Morgan fingerprint density at radius 1 is 1.09 bits per heavy atom. The van der Waals surface area contributed by atoms with Gasteiger partial charge in [-0.25, -0.2) is 9.97 Å². The summed E-state index contributed by atoms with van der Waals surface area (Å²) in [7, 11) is 0. The number of nitrogens with zero attached hydrogens (tertiary/aromatic N) is 3. The van der Waals surface area contributed by atoms with Crippen molar-refractivity contribution in [3.05, 3.63) is 84.6 Å². The highest BCUT2D eigenvalue weighted by Gasteiger charge is 2.17. The van der Waals surface area contributed by atoms with E-state index in [0.717, 1.165) is 46.0 Å². The maximum absolute atomic E-state index is 13.0. The Hall–Kier alpha value is -3.93. The first-order chi connectivity index (χ1) is 16.1. The Balaban J connectivity index is 1.49. The number of aromatic amines is 1. The lowest BCUT2D eigenvalue weighted by Crippen LogP contribution is -2.26. The minimum atomic E-state index is -0.159. The minimum Gasteiger partial charge on any atom is -0.353 e. The predicted octanol–water partition coefficient (Wildman–Crippen LogP) is 5.52. The molecule has 3 heterocycles. The standard InChI is InChI=1S/C27H27N5O/c1-18(2)19-8-10-20(11-9-19)25-26-22(21-6-3-4-7-23(21)30-26)16-24(31-25)27(33)29-12-5-14-32-15-13-28-17-32/h3-4,6-11,13,15-18,30H,5,12,14H2,1-2H3,(H,29,33). The Bertz CT molecular complexity index is 1400. The summed E-state index contributed by atoms with van der Waals surface area (Å²) in [4.78, 5) is 25.4. The molecule has 3 aromatic heterocycles. The van der Waals surface area contributed by atoms with Crippen LogP contribution in [0.1, 0.15) is 42.2 Å². The molecule has 0 unspecified atom stereocenters. The summed E-state index contributed by atoms with van der Waals surface area (Å²) in [6.45, 7) is 5.74. The molecule has 6 nitrogen and oxygen atoms in total. The average Bonchev–Trinajstić information content (AvgIpc) is 3.49. The molecule has 0 fully saturated rings. The number of para-hydroxylation sites is 1. The summed E-state index contributed by atoms with van der Waals surface area (Å²) in [5, 5.41) is 5.12. The summed E-state index contributed by atoms with van der Waals surface area (Å²) in [6, 6.07) is 18.5. The molecule has 0 atom stereocenters. The van der Waals surface area contributed by atoms with Gasteiger partial charge in [-0.05, 0) is 30.0 Å². The molecule has 33 heavy (non-hydrogen) atoms. The molecule has 0 spiro atoms. The van der Waals surface area contributed by atoms with Gasteiger partial charge in [0.05, 0.1) is 17.5 Å². The van der Waals surface area contributed by atoms with Crippen LogP contribution in [0.2, 0.25) is 0 Å². The SMILES string of the molecule is CC(C)c1ccc(-c2nc(C(=O)NCCCn3ccnc3)cc3c2[nH]c2ccccc23)cc1. The number of hydrogen-bond donors (Lipinski definition) is 2. The zero-order valence-corrected chi connectivity index (χ0v) is 18.9. The molecule has 0 radical (unpaired) electrons. The molecule has 1 amide bonds. The van der Waals surface area contributed by atoms with Gasteiger partial charge >= 0.3 is 0 Å². The molecule has 0 aliphatic heterocycles. The van der Waals surface area contributed by atoms with Gasteiger partial charge in [-0.2, -0.15) is 0 Å². The predicted molar refractivity (Wildman–Crippen MR) is 132 cm³/mol. The van der Waals surface area contributed by atoms with Gasteiger partial charge in [0.2, 0.25) is 0 Å². The number of H-pyrrole nitrogens is 1. The summed E-state index contributed by atoms with van der Waals surface area (Å²) in [6.07, 6.45) is 6.28. The molecule has 2 N–H and O–H groups in total. The lowest BCUT2D eigenvalue weighted by molar-refractivity contribution is 0.0948. The van der Waals surface area contributed by atoms with Gasteiger partial charge in [0.15, 0.2) is 0 Å². The third-order valence-electron chi connectivity index (χ3n) is 6.02. The molecule has 2 aromatic carbocycles. The van der Waals surface area contributed by atoms with Crippen molar-refractivity contribution in [2.45, 2.75) is 32.7 Å². The fourth-order valence-corrected chi connectivity index (χ4v) is 4.17. The first-order valence-electron chi connectivity index (χ1n) is 11.4. The van der Waals surface area contributed by atoms with Gasteiger partial charge in [0, 0.05) is 47.3 Å². The maximum atomic E-state index is 13.0. The van der Waals surface area contributed by atoms with Gasteiger partial charge in [0.1, 0.15) is 5.69 Å². The maximum Gasteiger partial charge on any atom is 0.269 e. The highest BCUT2D eigenvalue weighted by molar-refractivity contribution is 6.13. The summed E-state index contributed by atoms with van der Waals surface area (Å²) >= 11 is 0. The van der Waals surface area contributed by atoms with Gasteiger partial charge in [-0.15, -0.1) is 0 Å². The van der Waals surface area contributed by atoms with Crippen LogP contribution < -0.4 is 5.32 Å². The van der Waals surface area contributed by atoms with Crippen LogP contribution in [0, 0.1) is 0 Å². The van der Waals surface area contributed by atoms with Crippen LogP contribution in [-0.2, 0) is 6.54 Å². The van der Waals surface area contributed by atoms with Crippen molar-refractivity contribution in [1.82, 2.24) is 24.8 Å². The molecule has 6 heteroatoms. The number of aryl methyl sites for hydroxylation is 1. The van der Waals surface area contributed by atoms with Crippen molar-refractivity contribution in [3.8, 4) is 11.3 Å². The second-order valence-electron chi connectivity index (χ2n) is 8.64. The fourth-order valence-electron chi connectivity index (χ4n) is 4.17. The van der Waals surface area contributed by atoms with Crippen LogP contribution >= 0.6 is 0 Å². The molecule has 0 aliphatic carbocycles. The van der Waals surface area contributed by atoms with Crippen molar-refractivity contribution in [3.63, 3.8) is 0 Å². The number of nitrogens with one attached hydrogen (secondary N) is 2. The van der Waals surface area contributed by atoms with Gasteiger partial charge < -0.3 is 14.9 Å². The van der Waals surface area contributed by atoms with Crippen LogP contribution in [0.15, 0.2) is 73.3 Å². The molecule has 0 saturated carbocycles. The molecule has 0 bridgehead atoms. The van der Waals surface area contributed by atoms with Crippen LogP contribution in [0.4, 0.5) is 0 Å². The highest BCUT2D eigenvalue weighted by atomic mass is 16.1. The van der Waals surface area contributed by atoms with E-state index >= 15 is 0 Å². The number of rotatable bonds is 7. The van der Waals surface area contributed by atoms with Crippen molar-refractivity contribution >= 4 is 27.7 Å². The van der Waals surface area contributed by atoms with Crippen molar-refractivity contribution < 1.29 is 4.79 Å². The van der Waals surface area contributed by atoms with Crippen LogP contribution in [0.5, 0.6) is 0 Å². The number of imidazole rings is 1. The second-order valence-corrected chi connectivity index (χ2v) is 8.64. The van der Waals surface area contributed by atoms with E-state index in [1.54, 1.807) is 12.5 Å². The number of carbonyl (C=O) groups excluding carboxylic acids is 1. The third-order valence-corrected chi connectivity index (χ3v) is 6.02. The largest absolute Gasteiger partial charge is 0.353 e. The number of benzene rings is 2. The molecule has 0 saturated heterocycles. The van der Waals surface area contributed by atoms with Crippen molar-refractivity contribution in [2.24, 2.45) is 0 Å². The van der Waals surface area contributed by atoms with Crippen LogP contribution in [0.3, 0.4) is 0 Å². The number of fused-ring (bicyclic) bond motifs is 3. The Morgan fingerprint density at radius 3 is 2.67 bits per heavy atom. The quantitative estimate of drug-likeness (QED) is 0.329. The zero-order valence-electron chi connectivity index (χ0n) is 18.9. The van der Waals surface area contributed by atoms with Gasteiger partial charge in [0.25, 0.3) is 5.91 Å². The topological polar surface area (TPSA) is 75.6 Å². The minimum absolute atomic E-state index is 0.159. The normalized spacial score (nSPS) is 11.5. The lowest BCUT2D eigenvalue weighted by Gasteiger charge is -2.10. The molecule has 0 aliphatic rings. The van der Waals surface area contributed by atoms with Crippen LogP contribution in [0.25, 0.3) is 33.1 Å². The molecular weight excluding hydrogens is 410 g/mol. The summed E-state index contributed by atoms with van der Waals surface area (Å²) < 4.78 is 2.00. The molecule has 166 valence electrons. The summed E-state index contributed by atoms with van der Waals surface area (Å²) in [5.41, 5.74) is 5.47. The Labute approximate surface area is 192 Å². The molecular formula is C27H27N5O. The molecule has 5 rings (SSSR count). The highest BCUT2D eigenvalue weighted by Crippen LogP contribution is 2.33. The number of carbonyl (C=O) groups is 1. The Morgan fingerprint density at radius 2 is 1.91 bits per heavy atom. The van der Waals surface area contributed by atoms with Gasteiger partial charge in [-0.3, -0.25) is 4.79 Å². The smallest absolute Gasteiger partial charge is 0.269 e. The van der Waals surface area contributed by atoms with E-state index in [4.69, 9.17) is 4.98 Å². The summed E-state index contributed by atoms with van der Waals surface area (Å²) in [5.74, 6) is 0.299. The second kappa shape index (κ2) is 8.90. The van der Waals surface area contributed by atoms with E-state index in [0.29, 0.717) is 18.2 Å². The average molecular weight is 438 g/mol. The number of pyridine rings is 1. The van der Waals surface area contributed by atoms with Gasteiger partial charge in [-0.1, -0.05) is 56.3 Å². The van der Waals surface area contributed by atoms with Crippen molar-refractivity contribution in [1.29, 1.82) is 0 Å². The van der Waals surface area contributed by atoms with E-state index in [1.165, 1.54) is 5.56 Å². The van der Waals surface area contributed by atoms with E-state index < -0.39 is 0 Å². The molecule has 5 aromatic rings. The van der Waals surface area contributed by atoms with E-state index in [9.17, 15) is 4.79 Å². The zero-order chi connectivity index (χ0) is 22.8. The first kappa shape index (κ1) is 20.9. The van der Waals surface area contributed by atoms with E-state index in [-0.39, 0.29) is 5.91 Å². The van der Waals surface area contributed by atoms with E-state index in [1.807, 2.05) is 29.0 Å². The lowest BCUT2D eigenvalue weighted by atomic mass is 10.00. The number of hydrogen-bond acceptors (Lipinski definition) is 3. The number of aromatic nitrogens is 4. The monoisotopic (exact) mass is 437 g/mol.